The third kappa shape index (κ3) is 11.8. The molecule has 2 saturated heterocycles. The average Bonchev–Trinajstić information content (AvgIpc) is 3.84. The quantitative estimate of drug-likeness (QED) is 0.0505. The number of aliphatic hydroxyl groups is 4. The van der Waals surface area contributed by atoms with Gasteiger partial charge >= 0.3 is 118 Å². The number of halogens is 1. The standard InChI is InChI=1S/C21H29FN10O18P4.4Na/c22-21(51(37,38)49-53(41,42)45-1-7-11(33)13(35)19(47-7)31-5-29-9-15(23)25-3-27-17(9)31)52(39,40)50-54(43,44)46-2-8-12(34)14(36)20(48-8)32-6-30-10-16(24)26-4-28-18(10)32;;;;/h3-8,11-14,19-21,33-36H,1-2H2,(H,37,38)(H,39,40)(H,41,42)(H,43,44)(H2,23,25,27)(H2,24,26,28);;;;/q;4*+1/p-4/t7-,8-,11-,12-,13-,14-,19-,20-;;;;/m1..../s1/i22-1;;;;. The van der Waals surface area contributed by atoms with Crippen molar-refractivity contribution in [2.24, 2.45) is 0 Å². The van der Waals surface area contributed by atoms with E-state index in [0.717, 1.165) is 34.4 Å². The van der Waals surface area contributed by atoms with Gasteiger partial charge in [-0.1, -0.05) is 0 Å². The van der Waals surface area contributed by atoms with Gasteiger partial charge < -0.3 is 79.1 Å². The largest absolute Gasteiger partial charge is 1.00 e. The Bertz CT molecular complexity index is 2100. The number of phosphoric acid groups is 2. The molecular weight excluding hydrogens is 914 g/mol. The number of alkyl halides is 1. The molecule has 298 valence electrons. The van der Waals surface area contributed by atoms with Crippen molar-refractivity contribution >= 4 is 64.8 Å². The van der Waals surface area contributed by atoms with Gasteiger partial charge in [0, 0.05) is 0 Å². The maximum Gasteiger partial charge on any atom is 1.00 e. The molecule has 0 spiro atoms. The smallest absolute Gasteiger partial charge is 0.776 e. The van der Waals surface area contributed by atoms with Gasteiger partial charge in [0.1, 0.15) is 60.3 Å². The number of fused-ring (bicyclic) bond motifs is 2. The molecule has 6 rings (SSSR count). The van der Waals surface area contributed by atoms with Gasteiger partial charge in [-0.2, -0.15) is 0 Å². The maximum absolute atomic E-state index is 14.8. The number of anilines is 2. The van der Waals surface area contributed by atoms with Gasteiger partial charge in [0.15, 0.2) is 50.6 Å². The van der Waals surface area contributed by atoms with Gasteiger partial charge in [-0.3, -0.25) is 26.9 Å². The van der Waals surface area contributed by atoms with Gasteiger partial charge in [-0.15, -0.1) is 0 Å². The number of nitrogens with two attached hydrogens (primary N) is 2. The Kier molecular flexibility index (Phi) is 20.3. The van der Waals surface area contributed by atoms with Crippen LogP contribution in [0.1, 0.15) is 12.5 Å². The van der Waals surface area contributed by atoms with E-state index in [0.29, 0.717) is 0 Å². The summed E-state index contributed by atoms with van der Waals surface area (Å²) in [6.45, 7) is -2.59. The van der Waals surface area contributed by atoms with Crippen LogP contribution in [0.15, 0.2) is 25.3 Å². The number of rotatable bonds is 14. The van der Waals surface area contributed by atoms with Crippen LogP contribution in [0, 0.1) is 0 Å². The van der Waals surface area contributed by atoms with Gasteiger partial charge in [-0.05, 0) is 0 Å². The monoisotopic (exact) mass is 939 g/mol. The zero-order valence-electron chi connectivity index (χ0n) is 30.3. The van der Waals surface area contributed by atoms with Crippen LogP contribution < -0.4 is 149 Å². The average molecular weight is 939 g/mol. The fraction of sp³-hybridized carbons (Fsp3) is 0.524. The molecule has 4 aromatic heterocycles. The summed E-state index contributed by atoms with van der Waals surface area (Å²) in [7, 11) is -26.3. The fourth-order valence-electron chi connectivity index (χ4n) is 5.21. The van der Waals surface area contributed by atoms with Crippen molar-refractivity contribution in [1.29, 1.82) is 0 Å². The zero-order valence-corrected chi connectivity index (χ0v) is 41.9. The molecule has 2 fully saturated rings. The number of imidazole rings is 2. The Morgan fingerprint density at radius 3 is 1.34 bits per heavy atom. The van der Waals surface area contributed by atoms with Crippen molar-refractivity contribution in [2.45, 2.75) is 54.7 Å². The first-order valence-electron chi connectivity index (χ1n) is 14.6. The second-order valence-corrected chi connectivity index (χ2v) is 18.4. The first kappa shape index (κ1) is 55.1. The Labute approximate surface area is 412 Å². The number of aromatic nitrogens is 8. The molecule has 0 aliphatic carbocycles. The first-order valence-corrected chi connectivity index (χ1v) is 20.8. The molecule has 4 aromatic rings. The molecule has 58 heavy (non-hydrogen) atoms. The van der Waals surface area contributed by atoms with E-state index in [4.69, 9.17) is 20.9 Å². The molecule has 0 bridgehead atoms. The number of ether oxygens (including phenoxy) is 2. The predicted octanol–water partition coefficient (Wildman–Crippen LogP) is -16.6. The summed E-state index contributed by atoms with van der Waals surface area (Å²) in [5.74, 6) is -0.112. The van der Waals surface area contributed by atoms with Gasteiger partial charge in [0.2, 0.25) is 5.65 Å². The van der Waals surface area contributed by atoms with Crippen LogP contribution in [-0.4, -0.2) is 115 Å². The molecular formula is C21H25FN10Na4O18P4. The number of hydrogen-bond acceptors (Lipinski definition) is 26. The summed E-state index contributed by atoms with van der Waals surface area (Å²) in [5, 5.41) is 41.7. The summed E-state index contributed by atoms with van der Waals surface area (Å²) in [5.41, 5.74) is 7.08. The topological polar surface area (TPSA) is 436 Å². The minimum atomic E-state index is -6.85. The molecule has 12 atom stereocenters. The van der Waals surface area contributed by atoms with E-state index in [1.807, 2.05) is 0 Å². The van der Waals surface area contributed by atoms with Crippen molar-refractivity contribution in [3.05, 3.63) is 25.3 Å². The third-order valence-corrected chi connectivity index (χ3v) is 14.8. The summed E-state index contributed by atoms with van der Waals surface area (Å²) in [6.07, 6.45) is -9.61. The Balaban J connectivity index is 0.00000290. The molecule has 2 aliphatic rings. The van der Waals surface area contributed by atoms with Crippen LogP contribution >= 0.6 is 30.8 Å². The van der Waals surface area contributed by atoms with Gasteiger partial charge in [0.05, 0.1) is 25.9 Å². The van der Waals surface area contributed by atoms with Crippen LogP contribution in [-0.2, 0) is 45.4 Å². The van der Waals surface area contributed by atoms with Gasteiger partial charge in [-0.25, -0.2) is 34.3 Å². The van der Waals surface area contributed by atoms with E-state index in [1.165, 1.54) is 0 Å². The van der Waals surface area contributed by atoms with E-state index in [1.54, 1.807) is 0 Å². The molecule has 37 heteroatoms. The summed E-state index contributed by atoms with van der Waals surface area (Å²) in [6, 6.07) is 0. The Hall–Kier alpha value is 0.990. The Morgan fingerprint density at radius 1 is 0.655 bits per heavy atom. The van der Waals surface area contributed by atoms with Crippen molar-refractivity contribution in [3.63, 3.8) is 0 Å². The van der Waals surface area contributed by atoms with Crippen molar-refractivity contribution < 1.29 is 208 Å². The van der Waals surface area contributed by atoms with Crippen LogP contribution in [0.3, 0.4) is 0 Å². The van der Waals surface area contributed by atoms with Gasteiger partial charge in [0.25, 0.3) is 15.6 Å². The Morgan fingerprint density at radius 2 is 1.00 bits per heavy atom. The summed E-state index contributed by atoms with van der Waals surface area (Å²) >= 11 is 0. The number of phosphoric ester groups is 2. The molecule has 0 radical (unpaired) electrons. The van der Waals surface area contributed by atoms with Crippen LogP contribution in [0.5, 0.6) is 0 Å². The molecule has 4 unspecified atom stereocenters. The molecule has 0 saturated carbocycles. The van der Waals surface area contributed by atoms with Crippen molar-refractivity contribution in [1.82, 2.24) is 39.0 Å². The molecule has 6 heterocycles. The van der Waals surface area contributed by atoms with E-state index < -0.39 is 98.8 Å². The molecule has 2 aliphatic heterocycles. The predicted molar refractivity (Wildman–Crippen MR) is 161 cm³/mol. The molecule has 0 amide bonds. The third-order valence-electron chi connectivity index (χ3n) is 7.74. The van der Waals surface area contributed by atoms with Crippen LogP contribution in [0.25, 0.3) is 22.3 Å². The molecule has 28 nitrogen and oxygen atoms in total. The fourth-order valence-corrected chi connectivity index (χ4v) is 11.2. The molecule has 8 N–H and O–H groups in total. The second-order valence-electron chi connectivity index (χ2n) is 11.3. The summed E-state index contributed by atoms with van der Waals surface area (Å²) < 4.78 is 92.7. The number of nitrogen functional groups attached to an aromatic ring is 2. The zero-order chi connectivity index (χ0) is 39.5. The van der Waals surface area contributed by atoms with E-state index in [-0.39, 0.29) is 152 Å². The number of nitrogens with zero attached hydrogens (tertiary/aromatic N) is 8. The summed E-state index contributed by atoms with van der Waals surface area (Å²) in [4.78, 5) is 72.3. The normalized spacial score (nSPS) is 29.1. The second kappa shape index (κ2) is 21.3. The van der Waals surface area contributed by atoms with E-state index in [2.05, 4.69) is 47.6 Å². The van der Waals surface area contributed by atoms with Crippen molar-refractivity contribution in [3.8, 4) is 0 Å². The van der Waals surface area contributed by atoms with Crippen LogP contribution in [0.4, 0.5) is 16.0 Å². The minimum absolute atomic E-state index is 0. The van der Waals surface area contributed by atoms with Crippen LogP contribution in [0.2, 0.25) is 0 Å². The first-order chi connectivity index (χ1) is 25.1. The SMILES string of the molecule is Nc1ncnc2c1ncn2[C@@H]1O[C@H](COP(=O)([O-])OP(=O)([O-])C([18F])P(=O)([O-])OP(=O)([O-])OC[C@H]2O[C@@H](n3cnc4c(N)ncnc43)[C@H](O)[C@@H]2O)[C@@H](O)[C@H]1O.[Na+].[Na+].[Na+].[Na+]. The van der Waals surface area contributed by atoms with E-state index in [9.17, 15) is 62.7 Å². The number of aliphatic hydroxyl groups excluding tert-OH is 4. The van der Waals surface area contributed by atoms with E-state index >= 15 is 0 Å². The minimum Gasteiger partial charge on any atom is -0.776 e. The number of hydrogen-bond donors (Lipinski definition) is 6. The maximum atomic E-state index is 14.8. The molecule has 0 aromatic carbocycles. The van der Waals surface area contributed by atoms with Crippen molar-refractivity contribution in [2.75, 3.05) is 24.7 Å².